The predicted molar refractivity (Wildman–Crippen MR) is 110 cm³/mol. The molecule has 132 valence electrons. The molecule has 0 saturated heterocycles. The van der Waals surface area contributed by atoms with E-state index in [2.05, 4.69) is 39.8 Å². The zero-order valence-electron chi connectivity index (χ0n) is 14.4. The smallest absolute Gasteiger partial charge is 0.191 e. The first-order chi connectivity index (χ1) is 11.0. The van der Waals surface area contributed by atoms with Crippen LogP contribution in [0.4, 0.5) is 4.39 Å². The molecule has 7 heteroatoms. The number of aliphatic imine (C=N–C) groups is 1. The van der Waals surface area contributed by atoms with E-state index >= 15 is 0 Å². The molecule has 0 unspecified atom stereocenters. The van der Waals surface area contributed by atoms with E-state index in [0.29, 0.717) is 30.5 Å². The maximum atomic E-state index is 13.5. The van der Waals surface area contributed by atoms with Gasteiger partial charge in [-0.1, -0.05) is 26.0 Å². The van der Waals surface area contributed by atoms with Crippen molar-refractivity contribution in [2.45, 2.75) is 39.8 Å². The summed E-state index contributed by atoms with van der Waals surface area (Å²) in [6.07, 6.45) is 0. The molecule has 1 aromatic carbocycles. The molecule has 0 fully saturated rings. The Balaban J connectivity index is 0.00000288. The van der Waals surface area contributed by atoms with Crippen LogP contribution in [0.2, 0.25) is 0 Å². The minimum Gasteiger partial charge on any atom is -0.352 e. The highest BCUT2D eigenvalue weighted by molar-refractivity contribution is 14.0. The summed E-state index contributed by atoms with van der Waals surface area (Å²) in [4.78, 5) is 8.76. The van der Waals surface area contributed by atoms with Crippen molar-refractivity contribution >= 4 is 41.3 Å². The molecule has 0 saturated carbocycles. The van der Waals surface area contributed by atoms with Gasteiger partial charge >= 0.3 is 0 Å². The fourth-order valence-electron chi connectivity index (χ4n) is 2.00. The maximum absolute atomic E-state index is 13.5. The van der Waals surface area contributed by atoms with E-state index in [1.54, 1.807) is 37.4 Å². The molecule has 0 amide bonds. The fourth-order valence-corrected chi connectivity index (χ4v) is 2.83. The lowest BCUT2D eigenvalue weighted by Gasteiger charge is -2.11. The number of nitrogens with zero attached hydrogens (tertiary/aromatic N) is 2. The number of halogens is 2. The van der Waals surface area contributed by atoms with Gasteiger partial charge in [0.1, 0.15) is 5.82 Å². The van der Waals surface area contributed by atoms with E-state index in [-0.39, 0.29) is 29.8 Å². The van der Waals surface area contributed by atoms with Crippen LogP contribution in [0, 0.1) is 12.7 Å². The summed E-state index contributed by atoms with van der Waals surface area (Å²) in [5.74, 6) is 0.934. The van der Waals surface area contributed by atoms with Crippen LogP contribution >= 0.6 is 35.3 Å². The standard InChI is InChI=1S/C17H23FN4S.HI/c1-11(2)16-22-14(10-23-16)9-21-17(19-4)20-8-13-6-5-12(3)15(18)7-13;/h5-7,10-11H,8-9H2,1-4H3,(H2,19,20,21);1H. The van der Waals surface area contributed by atoms with Gasteiger partial charge in [-0.2, -0.15) is 0 Å². The quantitative estimate of drug-likeness (QED) is 0.398. The summed E-state index contributed by atoms with van der Waals surface area (Å²) in [6.45, 7) is 7.16. The monoisotopic (exact) mass is 462 g/mol. The first-order valence-corrected chi connectivity index (χ1v) is 8.51. The van der Waals surface area contributed by atoms with Gasteiger partial charge in [0, 0.05) is 24.9 Å². The third kappa shape index (κ3) is 6.01. The average molecular weight is 462 g/mol. The van der Waals surface area contributed by atoms with Gasteiger partial charge in [0.15, 0.2) is 5.96 Å². The zero-order chi connectivity index (χ0) is 16.8. The van der Waals surface area contributed by atoms with Crippen molar-refractivity contribution in [3.8, 4) is 0 Å². The number of nitrogens with one attached hydrogen (secondary N) is 2. The van der Waals surface area contributed by atoms with Gasteiger partial charge in [-0.3, -0.25) is 4.99 Å². The van der Waals surface area contributed by atoms with E-state index < -0.39 is 0 Å². The Hall–Kier alpha value is -1.22. The van der Waals surface area contributed by atoms with Gasteiger partial charge in [-0.25, -0.2) is 9.37 Å². The van der Waals surface area contributed by atoms with E-state index in [1.165, 1.54) is 0 Å². The lowest BCUT2D eigenvalue weighted by atomic mass is 10.1. The molecule has 0 aliphatic heterocycles. The van der Waals surface area contributed by atoms with Gasteiger partial charge in [0.2, 0.25) is 0 Å². The van der Waals surface area contributed by atoms with Crippen LogP contribution in [0.25, 0.3) is 0 Å². The van der Waals surface area contributed by atoms with Crippen LogP contribution in [0.5, 0.6) is 0 Å². The Morgan fingerprint density at radius 3 is 2.58 bits per heavy atom. The number of hydrogen-bond acceptors (Lipinski definition) is 3. The van der Waals surface area contributed by atoms with Crippen molar-refractivity contribution in [1.82, 2.24) is 15.6 Å². The molecule has 0 atom stereocenters. The number of hydrogen-bond donors (Lipinski definition) is 2. The molecule has 2 N–H and O–H groups in total. The number of aromatic nitrogens is 1. The average Bonchev–Trinajstić information content (AvgIpc) is 3.00. The van der Waals surface area contributed by atoms with E-state index in [1.807, 2.05) is 6.07 Å². The lowest BCUT2D eigenvalue weighted by Crippen LogP contribution is -2.36. The third-order valence-corrected chi connectivity index (χ3v) is 4.61. The number of thiazole rings is 1. The Labute approximate surface area is 164 Å². The molecule has 2 aromatic rings. The summed E-state index contributed by atoms with van der Waals surface area (Å²) in [6, 6.07) is 5.24. The van der Waals surface area contributed by atoms with Crippen LogP contribution in [-0.4, -0.2) is 18.0 Å². The molecule has 0 aliphatic rings. The lowest BCUT2D eigenvalue weighted by molar-refractivity contribution is 0.615. The Bertz CT molecular complexity index is 685. The van der Waals surface area contributed by atoms with Crippen molar-refractivity contribution < 1.29 is 4.39 Å². The second-order valence-electron chi connectivity index (χ2n) is 5.69. The molecule has 24 heavy (non-hydrogen) atoms. The highest BCUT2D eigenvalue weighted by Gasteiger charge is 2.07. The summed E-state index contributed by atoms with van der Waals surface area (Å²) in [5.41, 5.74) is 2.54. The van der Waals surface area contributed by atoms with Gasteiger partial charge in [0.25, 0.3) is 0 Å². The third-order valence-electron chi connectivity index (χ3n) is 3.42. The first-order valence-electron chi connectivity index (χ1n) is 7.63. The van der Waals surface area contributed by atoms with Crippen molar-refractivity contribution in [2.75, 3.05) is 7.05 Å². The molecular weight excluding hydrogens is 438 g/mol. The van der Waals surface area contributed by atoms with Crippen LogP contribution in [0.15, 0.2) is 28.6 Å². The van der Waals surface area contributed by atoms with E-state index in [0.717, 1.165) is 16.3 Å². The number of rotatable bonds is 5. The van der Waals surface area contributed by atoms with Gasteiger partial charge < -0.3 is 10.6 Å². The second kappa shape index (κ2) is 9.93. The van der Waals surface area contributed by atoms with Crippen LogP contribution in [0.3, 0.4) is 0 Å². The molecule has 0 radical (unpaired) electrons. The molecule has 0 bridgehead atoms. The molecule has 0 aliphatic carbocycles. The molecule has 1 aromatic heterocycles. The normalized spacial score (nSPS) is 11.3. The van der Waals surface area contributed by atoms with E-state index in [9.17, 15) is 4.39 Å². The second-order valence-corrected chi connectivity index (χ2v) is 6.58. The predicted octanol–water partition coefficient (Wildman–Crippen LogP) is 4.20. The SMILES string of the molecule is CN=C(NCc1ccc(C)c(F)c1)NCc1csc(C(C)C)n1.I. The highest BCUT2D eigenvalue weighted by Crippen LogP contribution is 2.18. The maximum Gasteiger partial charge on any atom is 0.191 e. The molecule has 4 nitrogen and oxygen atoms in total. The number of aryl methyl sites for hydroxylation is 1. The molecule has 0 spiro atoms. The Morgan fingerprint density at radius 2 is 2.00 bits per heavy atom. The summed E-state index contributed by atoms with van der Waals surface area (Å²) >= 11 is 1.68. The van der Waals surface area contributed by atoms with Gasteiger partial charge in [-0.05, 0) is 24.1 Å². The van der Waals surface area contributed by atoms with Crippen LogP contribution in [0.1, 0.15) is 41.6 Å². The molecular formula is C17H24FIN4S. The fraction of sp³-hybridized carbons (Fsp3) is 0.412. The summed E-state index contributed by atoms with van der Waals surface area (Å²) in [5, 5.41) is 9.60. The minimum atomic E-state index is -0.184. The molecule has 2 rings (SSSR count). The van der Waals surface area contributed by atoms with Crippen LogP contribution < -0.4 is 10.6 Å². The summed E-state index contributed by atoms with van der Waals surface area (Å²) in [7, 11) is 1.71. The van der Waals surface area contributed by atoms with Crippen molar-refractivity contribution in [1.29, 1.82) is 0 Å². The van der Waals surface area contributed by atoms with Crippen molar-refractivity contribution in [2.24, 2.45) is 4.99 Å². The number of guanidine groups is 1. The summed E-state index contributed by atoms with van der Waals surface area (Å²) < 4.78 is 13.5. The van der Waals surface area contributed by atoms with Gasteiger partial charge in [0.05, 0.1) is 17.2 Å². The Morgan fingerprint density at radius 1 is 1.29 bits per heavy atom. The van der Waals surface area contributed by atoms with Gasteiger partial charge in [-0.15, -0.1) is 35.3 Å². The first kappa shape index (κ1) is 20.8. The van der Waals surface area contributed by atoms with Crippen LogP contribution in [-0.2, 0) is 13.1 Å². The minimum absolute atomic E-state index is 0. The van der Waals surface area contributed by atoms with Crippen molar-refractivity contribution in [3.05, 3.63) is 51.2 Å². The Kier molecular flexibility index (Phi) is 8.61. The zero-order valence-corrected chi connectivity index (χ0v) is 17.5. The molecule has 1 heterocycles. The van der Waals surface area contributed by atoms with E-state index in [4.69, 9.17) is 0 Å². The van der Waals surface area contributed by atoms with Crippen molar-refractivity contribution in [3.63, 3.8) is 0 Å². The highest BCUT2D eigenvalue weighted by atomic mass is 127. The topological polar surface area (TPSA) is 49.3 Å². The largest absolute Gasteiger partial charge is 0.352 e. The number of benzene rings is 1.